The summed E-state index contributed by atoms with van der Waals surface area (Å²) in [5.74, 6) is 1.11. The average Bonchev–Trinajstić information content (AvgIpc) is 2.39. The molecule has 2 bridgehead atoms. The van der Waals surface area contributed by atoms with Crippen LogP contribution in [0.15, 0.2) is 24.3 Å². The fourth-order valence-electron chi connectivity index (χ4n) is 3.88. The minimum Gasteiger partial charge on any atom is -0.393 e. The predicted octanol–water partition coefficient (Wildman–Crippen LogP) is 4.21. The zero-order valence-corrected chi connectivity index (χ0v) is 13.1. The summed E-state index contributed by atoms with van der Waals surface area (Å²) in [5.41, 5.74) is 0.994. The lowest BCUT2D eigenvalue weighted by Gasteiger charge is -2.53. The van der Waals surface area contributed by atoms with Crippen LogP contribution in [0.4, 0.5) is 0 Å². The molecule has 3 heteroatoms. The Kier molecular flexibility index (Phi) is 3.60. The first-order valence-corrected chi connectivity index (χ1v) is 7.87. The van der Waals surface area contributed by atoms with E-state index in [9.17, 15) is 5.11 Å². The van der Waals surface area contributed by atoms with Crippen molar-refractivity contribution in [2.45, 2.75) is 51.4 Å². The summed E-state index contributed by atoms with van der Waals surface area (Å²) in [7, 11) is 0. The Morgan fingerprint density at radius 2 is 1.85 bits per heavy atom. The molecule has 3 rings (SSSR count). The van der Waals surface area contributed by atoms with Gasteiger partial charge in [0.2, 0.25) is 0 Å². The monoisotopic (exact) mass is 294 g/mol. The molecule has 110 valence electrons. The first kappa shape index (κ1) is 14.4. The predicted molar refractivity (Wildman–Crippen MR) is 80.7 cm³/mol. The lowest BCUT2D eigenvalue weighted by molar-refractivity contribution is -0.215. The van der Waals surface area contributed by atoms with E-state index in [2.05, 4.69) is 32.9 Å². The normalized spacial score (nSPS) is 39.5. The zero-order valence-electron chi connectivity index (χ0n) is 12.3. The highest BCUT2D eigenvalue weighted by Gasteiger charge is 2.50. The summed E-state index contributed by atoms with van der Waals surface area (Å²) in [6, 6.07) is 7.95. The number of hydrogen-bond donors (Lipinski definition) is 1. The molecule has 2 aliphatic rings. The van der Waals surface area contributed by atoms with Gasteiger partial charge in [-0.05, 0) is 62.1 Å². The Morgan fingerprint density at radius 1 is 1.20 bits per heavy atom. The van der Waals surface area contributed by atoms with Crippen LogP contribution in [0, 0.1) is 17.8 Å². The third-order valence-corrected chi connectivity index (χ3v) is 5.62. The van der Waals surface area contributed by atoms with Gasteiger partial charge in [0.1, 0.15) is 0 Å². The highest BCUT2D eigenvalue weighted by atomic mass is 35.5. The maximum absolute atomic E-state index is 10.3. The molecule has 0 radical (unpaired) electrons. The molecule has 1 aromatic carbocycles. The van der Waals surface area contributed by atoms with Gasteiger partial charge in [-0.2, -0.15) is 0 Å². The summed E-state index contributed by atoms with van der Waals surface area (Å²) in [6.07, 6.45) is 1.84. The number of aliphatic hydroxyl groups excluding tert-OH is 1. The van der Waals surface area contributed by atoms with Crippen molar-refractivity contribution in [1.29, 1.82) is 0 Å². The van der Waals surface area contributed by atoms with Crippen LogP contribution in [0.5, 0.6) is 0 Å². The summed E-state index contributed by atoms with van der Waals surface area (Å²) >= 11 is 5.98. The summed E-state index contributed by atoms with van der Waals surface area (Å²) < 4.78 is 6.43. The van der Waals surface area contributed by atoms with Crippen LogP contribution in [0.2, 0.25) is 5.02 Å². The van der Waals surface area contributed by atoms with Crippen molar-refractivity contribution in [2.75, 3.05) is 0 Å². The standard InChI is InChI=1S/C17H23ClO2/c1-10-14-8-12(9-15(10)19)17(2,3)20-16(14)11-4-6-13(18)7-5-11/h4-7,10,12,14-16,19H,8-9H2,1-3H3/t10-,12-,14+,15-,16-/m0/s1. The van der Waals surface area contributed by atoms with Crippen LogP contribution in [0.3, 0.4) is 0 Å². The van der Waals surface area contributed by atoms with Crippen molar-refractivity contribution in [3.8, 4) is 0 Å². The molecule has 20 heavy (non-hydrogen) atoms. The summed E-state index contributed by atoms with van der Waals surface area (Å²) in [4.78, 5) is 0. The van der Waals surface area contributed by atoms with E-state index < -0.39 is 0 Å². The molecule has 0 spiro atoms. The van der Waals surface area contributed by atoms with Gasteiger partial charge < -0.3 is 9.84 Å². The Labute approximate surface area is 126 Å². The van der Waals surface area contributed by atoms with E-state index >= 15 is 0 Å². The van der Waals surface area contributed by atoms with Crippen molar-refractivity contribution in [2.24, 2.45) is 17.8 Å². The van der Waals surface area contributed by atoms with Crippen LogP contribution in [-0.2, 0) is 4.74 Å². The number of halogens is 1. The van der Waals surface area contributed by atoms with Crippen LogP contribution >= 0.6 is 11.6 Å². The smallest absolute Gasteiger partial charge is 0.0864 e. The van der Waals surface area contributed by atoms with Crippen molar-refractivity contribution in [1.82, 2.24) is 0 Å². The second-order valence-electron chi connectivity index (χ2n) is 6.95. The highest BCUT2D eigenvalue weighted by Crippen LogP contribution is 2.52. The van der Waals surface area contributed by atoms with Crippen molar-refractivity contribution < 1.29 is 9.84 Å². The quantitative estimate of drug-likeness (QED) is 0.840. The van der Waals surface area contributed by atoms with Gasteiger partial charge in [-0.1, -0.05) is 30.7 Å². The number of rotatable bonds is 1. The molecule has 0 aromatic heterocycles. The summed E-state index contributed by atoms with van der Waals surface area (Å²) in [6.45, 7) is 6.45. The van der Waals surface area contributed by atoms with Gasteiger partial charge >= 0.3 is 0 Å². The second kappa shape index (κ2) is 5.01. The minimum atomic E-state index is -0.211. The molecule has 1 N–H and O–H groups in total. The third kappa shape index (κ3) is 2.38. The van der Waals surface area contributed by atoms with E-state index in [-0.39, 0.29) is 23.7 Å². The Bertz CT molecular complexity index is 482. The van der Waals surface area contributed by atoms with Gasteiger partial charge in [-0.15, -0.1) is 0 Å². The highest BCUT2D eigenvalue weighted by molar-refractivity contribution is 6.30. The van der Waals surface area contributed by atoms with Gasteiger partial charge in [-0.3, -0.25) is 0 Å². The fourth-order valence-corrected chi connectivity index (χ4v) is 4.00. The molecule has 1 aromatic rings. The van der Waals surface area contributed by atoms with Gasteiger partial charge in [0.05, 0.1) is 17.8 Å². The SMILES string of the molecule is C[C@H]1[C@H]2C[C@@H](C[C@@H]1O)C(C)(C)O[C@H]2c1ccc(Cl)cc1. The number of fused-ring (bicyclic) bond motifs is 2. The summed E-state index contributed by atoms with van der Waals surface area (Å²) in [5, 5.41) is 11.1. The van der Waals surface area contributed by atoms with E-state index in [4.69, 9.17) is 16.3 Å². The van der Waals surface area contributed by atoms with Crippen LogP contribution in [0.25, 0.3) is 0 Å². The number of hydrogen-bond acceptors (Lipinski definition) is 2. The fraction of sp³-hybridized carbons (Fsp3) is 0.647. The first-order valence-electron chi connectivity index (χ1n) is 7.50. The first-order chi connectivity index (χ1) is 9.38. The van der Waals surface area contributed by atoms with Crippen LogP contribution < -0.4 is 0 Å². The van der Waals surface area contributed by atoms with Crippen molar-refractivity contribution in [3.05, 3.63) is 34.9 Å². The lowest BCUT2D eigenvalue weighted by Crippen LogP contribution is -2.52. The van der Waals surface area contributed by atoms with E-state index in [1.165, 1.54) is 5.56 Å². The van der Waals surface area contributed by atoms with Crippen molar-refractivity contribution >= 4 is 11.6 Å². The van der Waals surface area contributed by atoms with Gasteiger partial charge in [-0.25, -0.2) is 0 Å². The topological polar surface area (TPSA) is 29.5 Å². The molecule has 1 aliphatic heterocycles. The molecule has 1 saturated carbocycles. The molecule has 5 atom stereocenters. The largest absolute Gasteiger partial charge is 0.393 e. The number of aliphatic hydroxyl groups is 1. The minimum absolute atomic E-state index is 0.0588. The molecule has 0 amide bonds. The molecule has 1 aliphatic carbocycles. The van der Waals surface area contributed by atoms with Gasteiger partial charge in [0, 0.05) is 5.02 Å². The molecule has 1 saturated heterocycles. The zero-order chi connectivity index (χ0) is 14.5. The molecular formula is C17H23ClO2. The molecule has 2 fully saturated rings. The van der Waals surface area contributed by atoms with E-state index in [0.29, 0.717) is 11.8 Å². The lowest BCUT2D eigenvalue weighted by atomic mass is 9.63. The maximum atomic E-state index is 10.3. The molecule has 0 unspecified atom stereocenters. The van der Waals surface area contributed by atoms with Gasteiger partial charge in [0.25, 0.3) is 0 Å². The maximum Gasteiger partial charge on any atom is 0.0864 e. The Balaban J connectivity index is 1.95. The molecule has 2 nitrogen and oxygen atoms in total. The van der Waals surface area contributed by atoms with E-state index in [1.807, 2.05) is 12.1 Å². The molecular weight excluding hydrogens is 272 g/mol. The molecule has 1 heterocycles. The van der Waals surface area contributed by atoms with Crippen LogP contribution in [-0.4, -0.2) is 16.8 Å². The third-order valence-electron chi connectivity index (χ3n) is 5.37. The van der Waals surface area contributed by atoms with E-state index in [1.54, 1.807) is 0 Å². The van der Waals surface area contributed by atoms with E-state index in [0.717, 1.165) is 17.9 Å². The number of benzene rings is 1. The second-order valence-corrected chi connectivity index (χ2v) is 7.39. The van der Waals surface area contributed by atoms with Crippen LogP contribution in [0.1, 0.15) is 45.3 Å². The average molecular weight is 295 g/mol. The Hall–Kier alpha value is -0.570. The Morgan fingerprint density at radius 3 is 2.50 bits per heavy atom. The number of ether oxygens (including phenoxy) is 1. The van der Waals surface area contributed by atoms with Crippen molar-refractivity contribution in [3.63, 3.8) is 0 Å². The van der Waals surface area contributed by atoms with Gasteiger partial charge in [0.15, 0.2) is 0 Å².